The third-order valence-electron chi connectivity index (χ3n) is 3.40. The number of quaternary nitrogens is 1. The van der Waals surface area contributed by atoms with Crippen LogP contribution in [0.25, 0.3) is 0 Å². The van der Waals surface area contributed by atoms with Gasteiger partial charge in [0.05, 0.1) is 38.5 Å². The highest BCUT2D eigenvalue weighted by molar-refractivity contribution is 7.80. The molecule has 0 saturated carbocycles. The number of morpholine rings is 1. The van der Waals surface area contributed by atoms with Gasteiger partial charge in [-0.25, -0.2) is 0 Å². The van der Waals surface area contributed by atoms with Crippen LogP contribution < -0.4 is 15.0 Å². The molecule has 0 aromatic heterocycles. The normalized spacial score (nSPS) is 15.8. The molecule has 2 N–H and O–H groups in total. The fourth-order valence-electron chi connectivity index (χ4n) is 2.29. The maximum absolute atomic E-state index is 5.61. The van der Waals surface area contributed by atoms with Gasteiger partial charge >= 0.3 is 0 Å². The lowest BCUT2D eigenvalue weighted by Crippen LogP contribution is -3.14. The zero-order valence-corrected chi connectivity index (χ0v) is 12.8. The highest BCUT2D eigenvalue weighted by Crippen LogP contribution is 2.17. The molecule has 110 valence electrons. The van der Waals surface area contributed by atoms with Gasteiger partial charge in [-0.1, -0.05) is 24.4 Å². The molecule has 0 radical (unpaired) electrons. The van der Waals surface area contributed by atoms with E-state index in [1.165, 1.54) is 0 Å². The van der Waals surface area contributed by atoms with Crippen molar-refractivity contribution in [3.63, 3.8) is 0 Å². The van der Waals surface area contributed by atoms with E-state index in [9.17, 15) is 0 Å². The Labute approximate surface area is 126 Å². The Hall–Kier alpha value is -1.17. The Bertz CT molecular complexity index is 434. The first-order valence-electron chi connectivity index (χ1n) is 7.22. The molecule has 1 aliphatic heterocycles. The van der Waals surface area contributed by atoms with Gasteiger partial charge in [0.2, 0.25) is 0 Å². The summed E-state index contributed by atoms with van der Waals surface area (Å²) >= 11 is 5.46. The molecule has 20 heavy (non-hydrogen) atoms. The minimum Gasteiger partial charge on any atom is -0.493 e. The Balaban J connectivity index is 1.82. The Morgan fingerprint density at radius 3 is 2.85 bits per heavy atom. The summed E-state index contributed by atoms with van der Waals surface area (Å²) in [5.74, 6) is 0.853. The lowest BCUT2D eigenvalue weighted by molar-refractivity contribution is -0.906. The molecular weight excluding hydrogens is 272 g/mol. The summed E-state index contributed by atoms with van der Waals surface area (Å²) in [5.41, 5.74) is 0.973. The number of nitrogens with one attached hydrogen (secondary N) is 2. The topological polar surface area (TPSA) is 34.9 Å². The van der Waals surface area contributed by atoms with Gasteiger partial charge in [-0.2, -0.15) is 0 Å². The third kappa shape index (κ3) is 4.44. The standard InChI is InChI=1S/C15H22N2O2S/c1-2-19-14-6-4-3-5-13(14)15(20)16-7-8-17-9-11-18-12-10-17/h3-6H,2,7-12H2,1H3,(H,16,20)/p+1. The van der Waals surface area contributed by atoms with Crippen LogP contribution in [0.4, 0.5) is 0 Å². The number of hydrogen-bond donors (Lipinski definition) is 2. The first-order chi connectivity index (χ1) is 9.81. The van der Waals surface area contributed by atoms with Crippen LogP contribution >= 0.6 is 12.2 Å². The van der Waals surface area contributed by atoms with E-state index in [1.807, 2.05) is 31.2 Å². The van der Waals surface area contributed by atoms with Crippen molar-refractivity contribution in [2.24, 2.45) is 0 Å². The van der Waals surface area contributed by atoms with E-state index in [0.717, 1.165) is 55.7 Å². The number of ether oxygens (including phenoxy) is 2. The highest BCUT2D eigenvalue weighted by Gasteiger charge is 2.14. The molecule has 0 bridgehead atoms. The van der Waals surface area contributed by atoms with Gasteiger partial charge in [-0.15, -0.1) is 0 Å². The minimum absolute atomic E-state index is 0.650. The number of benzene rings is 1. The molecule has 0 unspecified atom stereocenters. The fraction of sp³-hybridized carbons (Fsp3) is 0.533. The highest BCUT2D eigenvalue weighted by atomic mass is 32.1. The first-order valence-corrected chi connectivity index (χ1v) is 7.63. The molecule has 0 atom stereocenters. The van der Waals surface area contributed by atoms with E-state index in [2.05, 4.69) is 5.32 Å². The quantitative estimate of drug-likeness (QED) is 0.738. The van der Waals surface area contributed by atoms with Crippen molar-refractivity contribution in [1.29, 1.82) is 0 Å². The smallest absolute Gasteiger partial charge is 0.129 e. The van der Waals surface area contributed by atoms with Gasteiger partial charge in [0, 0.05) is 0 Å². The summed E-state index contributed by atoms with van der Waals surface area (Å²) < 4.78 is 11.0. The Morgan fingerprint density at radius 1 is 1.35 bits per heavy atom. The van der Waals surface area contributed by atoms with Gasteiger partial charge in [0.1, 0.15) is 23.8 Å². The lowest BCUT2D eigenvalue weighted by Gasteiger charge is -2.24. The van der Waals surface area contributed by atoms with Crippen LogP contribution in [0, 0.1) is 0 Å². The maximum Gasteiger partial charge on any atom is 0.129 e. The third-order valence-corrected chi connectivity index (χ3v) is 3.76. The van der Waals surface area contributed by atoms with Crippen molar-refractivity contribution in [3.8, 4) is 5.75 Å². The van der Waals surface area contributed by atoms with Crippen molar-refractivity contribution in [1.82, 2.24) is 5.32 Å². The van der Waals surface area contributed by atoms with Crippen LogP contribution in [0.3, 0.4) is 0 Å². The van der Waals surface area contributed by atoms with Gasteiger partial charge in [0.25, 0.3) is 0 Å². The van der Waals surface area contributed by atoms with Crippen LogP contribution in [0.15, 0.2) is 24.3 Å². The van der Waals surface area contributed by atoms with E-state index >= 15 is 0 Å². The molecule has 0 aliphatic carbocycles. The summed E-state index contributed by atoms with van der Waals surface area (Å²) in [6, 6.07) is 7.91. The molecule has 1 aromatic carbocycles. The first kappa shape index (κ1) is 15.2. The summed E-state index contributed by atoms with van der Waals surface area (Å²) in [6.45, 7) is 8.50. The summed E-state index contributed by atoms with van der Waals surface area (Å²) in [4.78, 5) is 2.34. The van der Waals surface area contributed by atoms with Crippen molar-refractivity contribution in [3.05, 3.63) is 29.8 Å². The second kappa shape index (κ2) is 8.19. The van der Waals surface area contributed by atoms with Gasteiger partial charge < -0.3 is 19.7 Å². The molecule has 1 aromatic rings. The van der Waals surface area contributed by atoms with Crippen LogP contribution in [-0.2, 0) is 4.74 Å². The molecule has 1 heterocycles. The average Bonchev–Trinajstić information content (AvgIpc) is 2.49. The SMILES string of the molecule is CCOc1ccccc1C(=S)NCC[NH+]1CCOCC1. The second-order valence-electron chi connectivity index (χ2n) is 4.80. The van der Waals surface area contributed by atoms with Crippen LogP contribution in [0.1, 0.15) is 12.5 Å². The van der Waals surface area contributed by atoms with E-state index in [1.54, 1.807) is 4.90 Å². The van der Waals surface area contributed by atoms with Crippen molar-refractivity contribution in [2.75, 3.05) is 46.0 Å². The molecule has 4 nitrogen and oxygen atoms in total. The molecule has 2 rings (SSSR count). The summed E-state index contributed by atoms with van der Waals surface area (Å²) in [6.07, 6.45) is 0. The number of rotatable bonds is 6. The predicted molar refractivity (Wildman–Crippen MR) is 83.7 cm³/mol. The number of hydrogen-bond acceptors (Lipinski definition) is 3. The molecule has 5 heteroatoms. The molecule has 1 saturated heterocycles. The van der Waals surface area contributed by atoms with E-state index in [0.29, 0.717) is 6.61 Å². The monoisotopic (exact) mass is 295 g/mol. The van der Waals surface area contributed by atoms with Crippen molar-refractivity contribution in [2.45, 2.75) is 6.92 Å². The van der Waals surface area contributed by atoms with Crippen molar-refractivity contribution >= 4 is 17.2 Å². The fourth-order valence-corrected chi connectivity index (χ4v) is 2.56. The number of para-hydroxylation sites is 1. The molecular formula is C15H23N2O2S+. The average molecular weight is 295 g/mol. The van der Waals surface area contributed by atoms with E-state index < -0.39 is 0 Å². The molecule has 0 spiro atoms. The molecule has 0 amide bonds. The van der Waals surface area contributed by atoms with E-state index in [-0.39, 0.29) is 0 Å². The number of thiocarbonyl (C=S) groups is 1. The summed E-state index contributed by atoms with van der Waals surface area (Å²) in [7, 11) is 0. The second-order valence-corrected chi connectivity index (χ2v) is 5.21. The Kier molecular flexibility index (Phi) is 6.24. The van der Waals surface area contributed by atoms with E-state index in [4.69, 9.17) is 21.7 Å². The largest absolute Gasteiger partial charge is 0.493 e. The lowest BCUT2D eigenvalue weighted by atomic mass is 10.2. The van der Waals surface area contributed by atoms with Gasteiger partial charge in [-0.3, -0.25) is 0 Å². The van der Waals surface area contributed by atoms with Gasteiger partial charge in [-0.05, 0) is 19.1 Å². The summed E-state index contributed by atoms with van der Waals surface area (Å²) in [5, 5.41) is 3.33. The van der Waals surface area contributed by atoms with Crippen molar-refractivity contribution < 1.29 is 14.4 Å². The van der Waals surface area contributed by atoms with Gasteiger partial charge in [0.15, 0.2) is 0 Å². The zero-order valence-electron chi connectivity index (χ0n) is 12.0. The molecule has 1 aliphatic rings. The predicted octanol–water partition coefficient (Wildman–Crippen LogP) is 0.266. The molecule has 1 fully saturated rings. The van der Waals surface area contributed by atoms with Crippen LogP contribution in [0.5, 0.6) is 5.75 Å². The zero-order chi connectivity index (χ0) is 14.2. The maximum atomic E-state index is 5.61. The minimum atomic E-state index is 0.650. The van der Waals surface area contributed by atoms with Crippen LogP contribution in [-0.4, -0.2) is 51.0 Å². The van der Waals surface area contributed by atoms with Crippen LogP contribution in [0.2, 0.25) is 0 Å². The Morgan fingerprint density at radius 2 is 2.10 bits per heavy atom.